The molecular formula is C53H30N6S. The predicted octanol–water partition coefficient (Wildman–Crippen LogP) is 14.1. The fourth-order valence-corrected chi connectivity index (χ4v) is 9.41. The zero-order valence-electron chi connectivity index (χ0n) is 31.9. The smallest absolute Gasteiger partial charge is 0.188 e. The zero-order chi connectivity index (χ0) is 40.2. The Morgan fingerprint density at radius 2 is 1.07 bits per heavy atom. The summed E-state index contributed by atoms with van der Waals surface area (Å²) >= 11 is 1.81. The molecule has 0 radical (unpaired) electrons. The van der Waals surface area contributed by atoms with Crippen LogP contribution in [0.2, 0.25) is 0 Å². The Balaban J connectivity index is 1.20. The molecule has 11 rings (SSSR count). The maximum Gasteiger partial charge on any atom is 0.188 e. The Hall–Kier alpha value is -8.23. The fraction of sp³-hybridized carbons (Fsp3) is 0. The van der Waals surface area contributed by atoms with Crippen LogP contribution >= 0.6 is 11.3 Å². The highest BCUT2D eigenvalue weighted by molar-refractivity contribution is 7.25. The number of para-hydroxylation sites is 1. The number of nitrogens with zero attached hydrogens (tertiary/aromatic N) is 6. The van der Waals surface area contributed by atoms with E-state index in [4.69, 9.17) is 21.5 Å². The quantitative estimate of drug-likeness (QED) is 0.158. The third-order valence-electron chi connectivity index (χ3n) is 11.1. The normalized spacial score (nSPS) is 11.3. The highest BCUT2D eigenvalue weighted by atomic mass is 32.1. The number of hydrogen-bond acceptors (Lipinski definition) is 5. The van der Waals surface area contributed by atoms with E-state index < -0.39 is 0 Å². The second kappa shape index (κ2) is 14.3. The van der Waals surface area contributed by atoms with Crippen molar-refractivity contribution in [3.05, 3.63) is 199 Å². The minimum absolute atomic E-state index is 0.434. The first-order valence-corrected chi connectivity index (χ1v) is 20.3. The van der Waals surface area contributed by atoms with Crippen molar-refractivity contribution in [2.24, 2.45) is 0 Å². The topological polar surface area (TPSA) is 71.8 Å². The molecule has 8 aromatic carbocycles. The van der Waals surface area contributed by atoms with Gasteiger partial charge in [0.05, 0.1) is 29.4 Å². The van der Waals surface area contributed by atoms with Gasteiger partial charge in [-0.1, -0.05) is 140 Å². The summed E-state index contributed by atoms with van der Waals surface area (Å²) in [5.41, 5.74) is 10.2. The minimum atomic E-state index is 0.434. The molecule has 11 aromatic rings. The molecule has 7 heteroatoms. The SMILES string of the molecule is [C-]#[N+]c1ccc(-c2ccc3c4ccccc4n(-c4ccc(-c5ccc6c(c5)sc5ccccc56)cc4-c4nc(-c5ccccc5)nc(-c5ccccc5)n4)c3c2)c(C#N)c1. The molecule has 0 spiro atoms. The van der Waals surface area contributed by atoms with Gasteiger partial charge in [-0.25, -0.2) is 19.8 Å². The van der Waals surface area contributed by atoms with Crippen molar-refractivity contribution >= 4 is 59.0 Å². The summed E-state index contributed by atoms with van der Waals surface area (Å²) in [6.07, 6.45) is 0. The Bertz CT molecular complexity index is 3520. The molecule has 0 unspecified atom stereocenters. The van der Waals surface area contributed by atoms with Gasteiger partial charge in [-0.3, -0.25) is 0 Å². The maximum atomic E-state index is 10.2. The van der Waals surface area contributed by atoms with Crippen molar-refractivity contribution in [1.29, 1.82) is 5.26 Å². The van der Waals surface area contributed by atoms with Gasteiger partial charge in [0.1, 0.15) is 0 Å². The standard InChI is InChI=1S/C53H30N6S/c1-55-39-23-26-40(38(28-39)32-54)37-21-24-42-41-16-8-10-18-46(41)59(48(42)30-37)47-27-22-35(36-20-25-44-43-17-9-11-19-49(43)60-50(44)31-36)29-45(47)53-57-51(33-12-4-2-5-13-33)56-52(58-53)34-14-6-3-7-15-34/h2-31H. The van der Waals surface area contributed by atoms with Crippen molar-refractivity contribution in [2.45, 2.75) is 0 Å². The van der Waals surface area contributed by atoms with Crippen molar-refractivity contribution in [2.75, 3.05) is 0 Å². The van der Waals surface area contributed by atoms with E-state index in [9.17, 15) is 5.26 Å². The molecular weight excluding hydrogens is 753 g/mol. The molecule has 0 aliphatic carbocycles. The van der Waals surface area contributed by atoms with Gasteiger partial charge in [-0.05, 0) is 64.7 Å². The van der Waals surface area contributed by atoms with Crippen LogP contribution in [0.5, 0.6) is 0 Å². The highest BCUT2D eigenvalue weighted by Crippen LogP contribution is 2.42. The number of aromatic nitrogens is 4. The second-order valence-corrected chi connectivity index (χ2v) is 15.7. The van der Waals surface area contributed by atoms with E-state index in [-0.39, 0.29) is 0 Å². The summed E-state index contributed by atoms with van der Waals surface area (Å²) in [5, 5.41) is 14.9. The van der Waals surface area contributed by atoms with Gasteiger partial charge < -0.3 is 4.57 Å². The van der Waals surface area contributed by atoms with Crippen LogP contribution in [0, 0.1) is 17.9 Å². The molecule has 0 N–H and O–H groups in total. The highest BCUT2D eigenvalue weighted by Gasteiger charge is 2.21. The fourth-order valence-electron chi connectivity index (χ4n) is 8.27. The van der Waals surface area contributed by atoms with E-state index in [2.05, 4.69) is 119 Å². The van der Waals surface area contributed by atoms with Crippen molar-refractivity contribution < 1.29 is 0 Å². The summed E-state index contributed by atoms with van der Waals surface area (Å²) in [5.74, 6) is 1.71. The summed E-state index contributed by atoms with van der Waals surface area (Å²) in [4.78, 5) is 19.1. The van der Waals surface area contributed by atoms with Crippen LogP contribution in [0.4, 0.5) is 5.69 Å². The number of rotatable bonds is 6. The minimum Gasteiger partial charge on any atom is -0.308 e. The molecule has 6 nitrogen and oxygen atoms in total. The second-order valence-electron chi connectivity index (χ2n) is 14.6. The van der Waals surface area contributed by atoms with Crippen LogP contribution in [-0.4, -0.2) is 19.5 Å². The molecule has 0 saturated heterocycles. The van der Waals surface area contributed by atoms with E-state index >= 15 is 0 Å². The lowest BCUT2D eigenvalue weighted by atomic mass is 9.98. The first kappa shape index (κ1) is 35.0. The lowest BCUT2D eigenvalue weighted by molar-refractivity contribution is 1.06. The molecule has 0 saturated carbocycles. The van der Waals surface area contributed by atoms with E-state index in [1.54, 1.807) is 23.5 Å². The van der Waals surface area contributed by atoms with Crippen LogP contribution in [-0.2, 0) is 0 Å². The molecule has 0 aliphatic heterocycles. The molecule has 0 fully saturated rings. The largest absolute Gasteiger partial charge is 0.308 e. The first-order valence-electron chi connectivity index (χ1n) is 19.5. The van der Waals surface area contributed by atoms with Gasteiger partial charge in [0.25, 0.3) is 0 Å². The van der Waals surface area contributed by atoms with Crippen molar-refractivity contribution in [1.82, 2.24) is 19.5 Å². The van der Waals surface area contributed by atoms with Crippen molar-refractivity contribution in [3.63, 3.8) is 0 Å². The molecule has 0 atom stereocenters. The number of thiophene rings is 1. The summed E-state index contributed by atoms with van der Waals surface area (Å²) < 4.78 is 4.78. The molecule has 3 heterocycles. The summed E-state index contributed by atoms with van der Waals surface area (Å²) in [7, 11) is 0. The molecule has 60 heavy (non-hydrogen) atoms. The van der Waals surface area contributed by atoms with Gasteiger partial charge in [0.15, 0.2) is 23.2 Å². The van der Waals surface area contributed by atoms with E-state index in [1.807, 2.05) is 66.7 Å². The van der Waals surface area contributed by atoms with Crippen LogP contribution in [0.15, 0.2) is 182 Å². The molecule has 0 aliphatic rings. The number of fused-ring (bicyclic) bond motifs is 6. The lowest BCUT2D eigenvalue weighted by Gasteiger charge is -2.17. The number of benzene rings is 8. The predicted molar refractivity (Wildman–Crippen MR) is 245 cm³/mol. The summed E-state index contributed by atoms with van der Waals surface area (Å²) in [6.45, 7) is 7.53. The third-order valence-corrected chi connectivity index (χ3v) is 12.3. The third kappa shape index (κ3) is 5.89. The van der Waals surface area contributed by atoms with E-state index in [0.29, 0.717) is 28.7 Å². The lowest BCUT2D eigenvalue weighted by Crippen LogP contribution is -2.04. The average molecular weight is 783 g/mol. The Morgan fingerprint density at radius 1 is 0.467 bits per heavy atom. The molecule has 0 amide bonds. The van der Waals surface area contributed by atoms with Crippen LogP contribution in [0.3, 0.4) is 0 Å². The monoisotopic (exact) mass is 782 g/mol. The summed E-state index contributed by atoms with van der Waals surface area (Å²) in [6, 6.07) is 64.4. The van der Waals surface area contributed by atoms with Crippen LogP contribution < -0.4 is 0 Å². The van der Waals surface area contributed by atoms with Crippen molar-refractivity contribution in [3.8, 4) is 68.2 Å². The van der Waals surface area contributed by atoms with E-state index in [0.717, 1.165) is 66.4 Å². The van der Waals surface area contributed by atoms with Gasteiger partial charge >= 0.3 is 0 Å². The van der Waals surface area contributed by atoms with Gasteiger partial charge in [-0.15, -0.1) is 11.3 Å². The Morgan fingerprint density at radius 3 is 1.82 bits per heavy atom. The molecule has 3 aromatic heterocycles. The van der Waals surface area contributed by atoms with Crippen LogP contribution in [0.25, 0.3) is 109 Å². The Kier molecular flexibility index (Phi) is 8.34. The van der Waals surface area contributed by atoms with Gasteiger partial charge in [0, 0.05) is 53.2 Å². The number of hydrogen-bond donors (Lipinski definition) is 0. The van der Waals surface area contributed by atoms with E-state index in [1.165, 1.54) is 20.2 Å². The maximum absolute atomic E-state index is 10.2. The van der Waals surface area contributed by atoms with Gasteiger partial charge in [-0.2, -0.15) is 5.26 Å². The van der Waals surface area contributed by atoms with Gasteiger partial charge in [0.2, 0.25) is 0 Å². The average Bonchev–Trinajstić information content (AvgIpc) is 3.86. The molecule has 0 bridgehead atoms. The van der Waals surface area contributed by atoms with Crippen LogP contribution in [0.1, 0.15) is 5.56 Å². The zero-order valence-corrected chi connectivity index (χ0v) is 32.7. The molecule has 278 valence electrons. The first-order chi connectivity index (χ1) is 29.6. The number of nitriles is 1. The Labute approximate surface area is 349 Å².